The lowest BCUT2D eigenvalue weighted by atomic mass is 10.3. The molecule has 106 valence electrons. The maximum atomic E-state index is 13.4. The molecule has 5 heteroatoms. The smallest absolute Gasteiger partial charge is 0.136 e. The van der Waals surface area contributed by atoms with Gasteiger partial charge in [0, 0.05) is 33.1 Å². The molecule has 20 heavy (non-hydrogen) atoms. The quantitative estimate of drug-likeness (QED) is 0.490. The van der Waals surface area contributed by atoms with E-state index in [1.807, 2.05) is 24.3 Å². The fourth-order valence-corrected chi connectivity index (χ4v) is 3.60. The van der Waals surface area contributed by atoms with E-state index in [2.05, 4.69) is 0 Å². The Kier molecular flexibility index (Phi) is 5.61. The summed E-state index contributed by atoms with van der Waals surface area (Å²) in [5.74, 6) is 2.33. The van der Waals surface area contributed by atoms with Gasteiger partial charge in [-0.1, -0.05) is 12.1 Å². The highest BCUT2D eigenvalue weighted by Crippen LogP contribution is 2.32. The summed E-state index contributed by atoms with van der Waals surface area (Å²) < 4.78 is 18.7. The van der Waals surface area contributed by atoms with Gasteiger partial charge in [0.25, 0.3) is 0 Å². The van der Waals surface area contributed by atoms with Crippen LogP contribution >= 0.6 is 23.5 Å². The normalized spacial score (nSPS) is 10.5. The highest BCUT2D eigenvalue weighted by atomic mass is 32.2. The van der Waals surface area contributed by atoms with Gasteiger partial charge >= 0.3 is 0 Å². The number of thioether (sulfide) groups is 2. The second-order valence-corrected chi connectivity index (χ2v) is 6.31. The minimum Gasteiger partial charge on any atom is -0.496 e. The number of hydrogen-bond acceptors (Lipinski definition) is 4. The number of ether oxygens (including phenoxy) is 1. The molecule has 0 aliphatic rings. The predicted molar refractivity (Wildman–Crippen MR) is 85.3 cm³/mol. The first-order valence-electron chi connectivity index (χ1n) is 6.14. The molecule has 0 spiro atoms. The van der Waals surface area contributed by atoms with Crippen LogP contribution in [0.25, 0.3) is 0 Å². The van der Waals surface area contributed by atoms with Gasteiger partial charge < -0.3 is 10.5 Å². The third-order valence-electron chi connectivity index (χ3n) is 2.62. The van der Waals surface area contributed by atoms with Crippen LogP contribution in [0.15, 0.2) is 52.3 Å². The van der Waals surface area contributed by atoms with Crippen LogP contribution in [-0.4, -0.2) is 18.6 Å². The van der Waals surface area contributed by atoms with Gasteiger partial charge in [0.2, 0.25) is 0 Å². The number of anilines is 1. The number of nitrogen functional groups attached to an aromatic ring is 1. The molecule has 0 atom stereocenters. The molecule has 0 radical (unpaired) electrons. The Morgan fingerprint density at radius 2 is 1.75 bits per heavy atom. The summed E-state index contributed by atoms with van der Waals surface area (Å²) in [7, 11) is 1.63. The SMILES string of the molecule is COc1cc(N)ccc1SCCSc1ccccc1F. The molecule has 0 aliphatic heterocycles. The summed E-state index contributed by atoms with van der Waals surface area (Å²) >= 11 is 3.20. The van der Waals surface area contributed by atoms with Crippen molar-refractivity contribution in [2.24, 2.45) is 0 Å². The molecular weight excluding hydrogens is 293 g/mol. The fraction of sp³-hybridized carbons (Fsp3) is 0.200. The molecule has 0 saturated heterocycles. The Labute approximate surface area is 126 Å². The first kappa shape index (κ1) is 15.1. The van der Waals surface area contributed by atoms with E-state index in [1.165, 1.54) is 17.8 Å². The molecule has 0 saturated carbocycles. The third kappa shape index (κ3) is 4.08. The van der Waals surface area contributed by atoms with E-state index in [0.717, 1.165) is 22.2 Å². The number of halogens is 1. The lowest BCUT2D eigenvalue weighted by molar-refractivity contribution is 0.405. The summed E-state index contributed by atoms with van der Waals surface area (Å²) in [6.07, 6.45) is 0. The van der Waals surface area contributed by atoms with Gasteiger partial charge in [-0.15, -0.1) is 23.5 Å². The molecule has 0 amide bonds. The lowest BCUT2D eigenvalue weighted by Crippen LogP contribution is -1.92. The molecule has 0 bridgehead atoms. The van der Waals surface area contributed by atoms with Crippen LogP contribution in [0.2, 0.25) is 0 Å². The van der Waals surface area contributed by atoms with Gasteiger partial charge in [0.1, 0.15) is 11.6 Å². The monoisotopic (exact) mass is 309 g/mol. The van der Waals surface area contributed by atoms with Crippen LogP contribution in [-0.2, 0) is 0 Å². The average molecular weight is 309 g/mol. The lowest BCUT2D eigenvalue weighted by Gasteiger charge is -2.09. The van der Waals surface area contributed by atoms with Crippen molar-refractivity contribution in [3.05, 3.63) is 48.3 Å². The molecule has 2 rings (SSSR count). The van der Waals surface area contributed by atoms with Crippen molar-refractivity contribution in [1.29, 1.82) is 0 Å². The number of methoxy groups -OCH3 is 1. The van der Waals surface area contributed by atoms with Crippen molar-refractivity contribution < 1.29 is 9.13 Å². The van der Waals surface area contributed by atoms with E-state index < -0.39 is 0 Å². The Hall–Kier alpha value is -1.33. The average Bonchev–Trinajstić information content (AvgIpc) is 2.46. The van der Waals surface area contributed by atoms with Crippen LogP contribution < -0.4 is 10.5 Å². The number of rotatable bonds is 6. The minimum absolute atomic E-state index is 0.160. The summed E-state index contributed by atoms with van der Waals surface area (Å²) in [5, 5.41) is 0. The van der Waals surface area contributed by atoms with E-state index >= 15 is 0 Å². The molecule has 0 aliphatic carbocycles. The van der Waals surface area contributed by atoms with Crippen LogP contribution in [0.1, 0.15) is 0 Å². The highest BCUT2D eigenvalue weighted by Gasteiger charge is 2.05. The fourth-order valence-electron chi connectivity index (χ4n) is 1.67. The van der Waals surface area contributed by atoms with Crippen LogP contribution in [0.5, 0.6) is 5.75 Å². The second-order valence-electron chi connectivity index (χ2n) is 4.04. The van der Waals surface area contributed by atoms with Crippen molar-refractivity contribution in [3.8, 4) is 5.75 Å². The molecule has 2 aromatic rings. The molecule has 2 aromatic carbocycles. The zero-order valence-electron chi connectivity index (χ0n) is 11.1. The van der Waals surface area contributed by atoms with Crippen molar-refractivity contribution in [2.75, 3.05) is 24.3 Å². The highest BCUT2D eigenvalue weighted by molar-refractivity contribution is 8.03. The summed E-state index contributed by atoms with van der Waals surface area (Å²) in [6, 6.07) is 12.5. The third-order valence-corrected chi connectivity index (χ3v) is 4.99. The first-order chi connectivity index (χ1) is 9.70. The van der Waals surface area contributed by atoms with E-state index in [1.54, 1.807) is 31.0 Å². The first-order valence-corrected chi connectivity index (χ1v) is 8.11. The number of benzene rings is 2. The summed E-state index contributed by atoms with van der Waals surface area (Å²) in [6.45, 7) is 0. The van der Waals surface area contributed by atoms with E-state index in [4.69, 9.17) is 10.5 Å². The van der Waals surface area contributed by atoms with Crippen LogP contribution in [0.3, 0.4) is 0 Å². The molecular formula is C15H16FNOS2. The Bertz CT molecular complexity index is 578. The maximum Gasteiger partial charge on any atom is 0.136 e. The van der Waals surface area contributed by atoms with Crippen molar-refractivity contribution in [2.45, 2.75) is 9.79 Å². The zero-order chi connectivity index (χ0) is 14.4. The molecule has 0 heterocycles. The predicted octanol–water partition coefficient (Wildman–Crippen LogP) is 4.30. The molecule has 0 fully saturated rings. The topological polar surface area (TPSA) is 35.2 Å². The van der Waals surface area contributed by atoms with Crippen molar-refractivity contribution in [3.63, 3.8) is 0 Å². The van der Waals surface area contributed by atoms with Gasteiger partial charge in [-0.05, 0) is 24.3 Å². The number of hydrogen-bond donors (Lipinski definition) is 1. The standard InChI is InChI=1S/C15H16FNOS2/c1-18-13-10-11(17)6-7-15(13)20-9-8-19-14-5-3-2-4-12(14)16/h2-7,10H,8-9,17H2,1H3. The zero-order valence-corrected chi connectivity index (χ0v) is 12.8. The molecule has 0 aromatic heterocycles. The van der Waals surface area contributed by atoms with Crippen LogP contribution in [0.4, 0.5) is 10.1 Å². The van der Waals surface area contributed by atoms with Gasteiger partial charge in [-0.25, -0.2) is 4.39 Å². The van der Waals surface area contributed by atoms with E-state index in [0.29, 0.717) is 10.6 Å². The molecule has 2 nitrogen and oxygen atoms in total. The molecule has 0 unspecified atom stereocenters. The van der Waals surface area contributed by atoms with E-state index in [9.17, 15) is 4.39 Å². The van der Waals surface area contributed by atoms with Crippen molar-refractivity contribution >= 4 is 29.2 Å². The van der Waals surface area contributed by atoms with E-state index in [-0.39, 0.29) is 5.82 Å². The van der Waals surface area contributed by atoms with Gasteiger partial charge in [0.15, 0.2) is 0 Å². The Morgan fingerprint density at radius 3 is 2.45 bits per heavy atom. The maximum absolute atomic E-state index is 13.4. The van der Waals surface area contributed by atoms with Gasteiger partial charge in [-0.3, -0.25) is 0 Å². The second kappa shape index (κ2) is 7.45. The minimum atomic E-state index is -0.160. The summed E-state index contributed by atoms with van der Waals surface area (Å²) in [5.41, 5.74) is 6.40. The van der Waals surface area contributed by atoms with Gasteiger partial charge in [-0.2, -0.15) is 0 Å². The number of nitrogens with two attached hydrogens (primary N) is 1. The van der Waals surface area contributed by atoms with Gasteiger partial charge in [0.05, 0.1) is 7.11 Å². The Morgan fingerprint density at radius 1 is 1.05 bits per heavy atom. The van der Waals surface area contributed by atoms with Crippen molar-refractivity contribution in [1.82, 2.24) is 0 Å². The Balaban J connectivity index is 1.86. The summed E-state index contributed by atoms with van der Waals surface area (Å²) in [4.78, 5) is 1.74. The molecule has 2 N–H and O–H groups in total. The largest absolute Gasteiger partial charge is 0.496 e. The van der Waals surface area contributed by atoms with Crippen LogP contribution in [0, 0.1) is 5.82 Å².